The molecule has 20 heavy (non-hydrogen) atoms. The van der Waals surface area contributed by atoms with E-state index in [9.17, 15) is 4.79 Å². The number of nitrogens with one attached hydrogen (secondary N) is 2. The summed E-state index contributed by atoms with van der Waals surface area (Å²) in [6.07, 6.45) is 0. The molecule has 2 rings (SSSR count). The first kappa shape index (κ1) is 14.5. The van der Waals surface area contributed by atoms with Crippen LogP contribution in [-0.4, -0.2) is 13.1 Å². The lowest BCUT2D eigenvalue weighted by Crippen LogP contribution is -2.19. The average molecular weight is 311 g/mol. The van der Waals surface area contributed by atoms with Crippen LogP contribution in [0.2, 0.25) is 10.0 Å². The van der Waals surface area contributed by atoms with E-state index >= 15 is 0 Å². The van der Waals surface area contributed by atoms with E-state index in [0.29, 0.717) is 27.2 Å². The van der Waals surface area contributed by atoms with E-state index in [-0.39, 0.29) is 0 Å². The minimum atomic E-state index is -0.400. The quantitative estimate of drug-likeness (QED) is 0.867. The predicted octanol–water partition coefficient (Wildman–Crippen LogP) is 4.65. The second-order valence-electron chi connectivity index (χ2n) is 3.94. The number of hydrogen-bond donors (Lipinski definition) is 2. The Hall–Kier alpha value is -1.91. The van der Waals surface area contributed by atoms with Crippen molar-refractivity contribution in [1.82, 2.24) is 0 Å². The number of anilines is 2. The SMILES string of the molecule is COc1cccc(NC(=O)Nc2ccc(Cl)cc2Cl)c1. The van der Waals surface area contributed by atoms with Gasteiger partial charge in [-0.25, -0.2) is 4.79 Å². The summed E-state index contributed by atoms with van der Waals surface area (Å²) in [7, 11) is 1.56. The van der Waals surface area contributed by atoms with Crippen LogP contribution in [0, 0.1) is 0 Å². The highest BCUT2D eigenvalue weighted by atomic mass is 35.5. The highest BCUT2D eigenvalue weighted by Gasteiger charge is 2.07. The fourth-order valence-electron chi connectivity index (χ4n) is 1.58. The van der Waals surface area contributed by atoms with Gasteiger partial charge in [0.2, 0.25) is 0 Å². The fourth-order valence-corrected chi connectivity index (χ4v) is 2.03. The largest absolute Gasteiger partial charge is 0.497 e. The lowest BCUT2D eigenvalue weighted by Gasteiger charge is -2.10. The number of urea groups is 1. The van der Waals surface area contributed by atoms with E-state index in [2.05, 4.69) is 10.6 Å². The summed E-state index contributed by atoms with van der Waals surface area (Å²) in [5.74, 6) is 0.660. The molecule has 0 aliphatic rings. The topological polar surface area (TPSA) is 50.4 Å². The first-order chi connectivity index (χ1) is 9.58. The molecule has 6 heteroatoms. The fraction of sp³-hybridized carbons (Fsp3) is 0.0714. The van der Waals surface area contributed by atoms with Gasteiger partial charge in [-0.1, -0.05) is 29.3 Å². The molecule has 0 radical (unpaired) electrons. The summed E-state index contributed by atoms with van der Waals surface area (Å²) in [6.45, 7) is 0. The number of rotatable bonds is 3. The van der Waals surface area contributed by atoms with Gasteiger partial charge in [-0.15, -0.1) is 0 Å². The zero-order valence-corrected chi connectivity index (χ0v) is 12.1. The average Bonchev–Trinajstić information content (AvgIpc) is 2.42. The molecule has 0 heterocycles. The van der Waals surface area contributed by atoms with Gasteiger partial charge in [-0.3, -0.25) is 0 Å². The molecule has 0 bridgehead atoms. The van der Waals surface area contributed by atoms with Crippen LogP contribution < -0.4 is 15.4 Å². The first-order valence-corrected chi connectivity index (χ1v) is 6.51. The van der Waals surface area contributed by atoms with Crippen molar-refractivity contribution < 1.29 is 9.53 Å². The molecular weight excluding hydrogens is 299 g/mol. The summed E-state index contributed by atoms with van der Waals surface area (Å²) in [6, 6.07) is 11.5. The number of halogens is 2. The molecule has 0 unspecified atom stereocenters. The van der Waals surface area contributed by atoms with Crippen molar-refractivity contribution in [3.05, 3.63) is 52.5 Å². The maximum atomic E-state index is 11.9. The summed E-state index contributed by atoms with van der Waals surface area (Å²) < 4.78 is 5.08. The van der Waals surface area contributed by atoms with Crippen LogP contribution >= 0.6 is 23.2 Å². The van der Waals surface area contributed by atoms with Crippen LogP contribution in [0.1, 0.15) is 0 Å². The van der Waals surface area contributed by atoms with Crippen molar-refractivity contribution >= 4 is 40.6 Å². The van der Waals surface area contributed by atoms with Gasteiger partial charge in [0, 0.05) is 16.8 Å². The number of carbonyl (C=O) groups excluding carboxylic acids is 1. The Morgan fingerprint density at radius 1 is 1.10 bits per heavy atom. The predicted molar refractivity (Wildman–Crippen MR) is 82.1 cm³/mol. The molecule has 0 spiro atoms. The van der Waals surface area contributed by atoms with Gasteiger partial charge < -0.3 is 15.4 Å². The summed E-state index contributed by atoms with van der Waals surface area (Å²) in [4.78, 5) is 11.9. The van der Waals surface area contributed by atoms with Gasteiger partial charge in [0.1, 0.15) is 5.75 Å². The second-order valence-corrected chi connectivity index (χ2v) is 4.78. The van der Waals surface area contributed by atoms with E-state index in [1.54, 1.807) is 49.6 Å². The van der Waals surface area contributed by atoms with Crippen molar-refractivity contribution in [3.63, 3.8) is 0 Å². The maximum absolute atomic E-state index is 11.9. The standard InChI is InChI=1S/C14H12Cl2N2O2/c1-20-11-4-2-3-10(8-11)17-14(19)18-13-6-5-9(15)7-12(13)16/h2-8H,1H3,(H2,17,18,19). The van der Waals surface area contributed by atoms with E-state index < -0.39 is 6.03 Å². The molecule has 2 aromatic carbocycles. The lowest BCUT2D eigenvalue weighted by atomic mass is 10.3. The minimum Gasteiger partial charge on any atom is -0.497 e. The molecule has 0 aliphatic heterocycles. The molecule has 0 fully saturated rings. The number of methoxy groups -OCH3 is 1. The Kier molecular flexibility index (Phi) is 4.71. The van der Waals surface area contributed by atoms with Gasteiger partial charge in [0.05, 0.1) is 17.8 Å². The van der Waals surface area contributed by atoms with Crippen LogP contribution in [0.15, 0.2) is 42.5 Å². The Morgan fingerprint density at radius 3 is 2.60 bits per heavy atom. The normalized spacial score (nSPS) is 9.95. The molecule has 2 N–H and O–H groups in total. The third kappa shape index (κ3) is 3.79. The van der Waals surface area contributed by atoms with Gasteiger partial charge in [-0.05, 0) is 30.3 Å². The zero-order chi connectivity index (χ0) is 14.5. The summed E-state index contributed by atoms with van der Waals surface area (Å²) in [5.41, 5.74) is 1.10. The first-order valence-electron chi connectivity index (χ1n) is 5.75. The van der Waals surface area contributed by atoms with E-state index in [4.69, 9.17) is 27.9 Å². The van der Waals surface area contributed by atoms with Crippen molar-refractivity contribution in [2.45, 2.75) is 0 Å². The molecule has 4 nitrogen and oxygen atoms in total. The zero-order valence-electron chi connectivity index (χ0n) is 10.6. The molecule has 0 aliphatic carbocycles. The third-order valence-corrected chi connectivity index (χ3v) is 3.05. The van der Waals surface area contributed by atoms with Gasteiger partial charge >= 0.3 is 6.03 Å². The van der Waals surface area contributed by atoms with Crippen molar-refractivity contribution in [1.29, 1.82) is 0 Å². The smallest absolute Gasteiger partial charge is 0.323 e. The summed E-state index contributed by atoms with van der Waals surface area (Å²) in [5, 5.41) is 6.21. The molecule has 0 saturated carbocycles. The van der Waals surface area contributed by atoms with Crippen LogP contribution in [0.25, 0.3) is 0 Å². The van der Waals surface area contributed by atoms with E-state index in [1.165, 1.54) is 0 Å². The number of amides is 2. The van der Waals surface area contributed by atoms with Crippen LogP contribution in [0.4, 0.5) is 16.2 Å². The minimum absolute atomic E-state index is 0.373. The molecular formula is C14H12Cl2N2O2. The third-order valence-electron chi connectivity index (χ3n) is 2.51. The molecule has 0 aromatic heterocycles. The highest BCUT2D eigenvalue weighted by Crippen LogP contribution is 2.25. The molecule has 2 aromatic rings. The van der Waals surface area contributed by atoms with Crippen molar-refractivity contribution in [2.24, 2.45) is 0 Å². The van der Waals surface area contributed by atoms with Crippen LogP contribution in [0.5, 0.6) is 5.75 Å². The van der Waals surface area contributed by atoms with Crippen molar-refractivity contribution in [3.8, 4) is 5.75 Å². The number of benzene rings is 2. The maximum Gasteiger partial charge on any atom is 0.323 e. The van der Waals surface area contributed by atoms with E-state index in [1.807, 2.05) is 0 Å². The Morgan fingerprint density at radius 2 is 1.90 bits per heavy atom. The van der Waals surface area contributed by atoms with Crippen LogP contribution in [0.3, 0.4) is 0 Å². The van der Waals surface area contributed by atoms with Crippen LogP contribution in [-0.2, 0) is 0 Å². The van der Waals surface area contributed by atoms with Gasteiger partial charge in [0.25, 0.3) is 0 Å². The Bertz CT molecular complexity index is 632. The number of hydrogen-bond acceptors (Lipinski definition) is 2. The highest BCUT2D eigenvalue weighted by molar-refractivity contribution is 6.36. The molecule has 104 valence electrons. The monoisotopic (exact) mass is 310 g/mol. The molecule has 0 atom stereocenters. The van der Waals surface area contributed by atoms with Gasteiger partial charge in [0.15, 0.2) is 0 Å². The molecule has 2 amide bonds. The Labute approximate surface area is 126 Å². The van der Waals surface area contributed by atoms with Crippen molar-refractivity contribution in [2.75, 3.05) is 17.7 Å². The molecule has 0 saturated heterocycles. The van der Waals surface area contributed by atoms with E-state index in [0.717, 1.165) is 0 Å². The number of carbonyl (C=O) groups is 1. The number of ether oxygens (including phenoxy) is 1. The lowest BCUT2D eigenvalue weighted by molar-refractivity contribution is 0.262. The second kappa shape index (κ2) is 6.50. The van der Waals surface area contributed by atoms with Gasteiger partial charge in [-0.2, -0.15) is 0 Å². The summed E-state index contributed by atoms with van der Waals surface area (Å²) >= 11 is 11.8. The Balaban J connectivity index is 2.05.